The Morgan fingerprint density at radius 2 is 1.75 bits per heavy atom. The van der Waals surface area contributed by atoms with Gasteiger partial charge < -0.3 is 9.80 Å². The van der Waals surface area contributed by atoms with Crippen LogP contribution in [-0.2, 0) is 0 Å². The number of carbonyl (C=O) groups is 1. The lowest BCUT2D eigenvalue weighted by Gasteiger charge is -2.23. The second-order valence-corrected chi connectivity index (χ2v) is 8.44. The van der Waals surface area contributed by atoms with Crippen LogP contribution in [0.5, 0.6) is 0 Å². The molecular formula is C22H21FN8O. The molecule has 2 aliphatic rings. The minimum absolute atomic E-state index is 0.0176. The highest BCUT2D eigenvalue weighted by molar-refractivity contribution is 5.98. The fourth-order valence-corrected chi connectivity index (χ4v) is 4.95. The van der Waals surface area contributed by atoms with Crippen LogP contribution in [0.15, 0.2) is 48.9 Å². The molecule has 3 aromatic heterocycles. The largest absolute Gasteiger partial charge is 0.356 e. The van der Waals surface area contributed by atoms with Gasteiger partial charge in [-0.15, -0.1) is 0 Å². The molecule has 2 atom stereocenters. The summed E-state index contributed by atoms with van der Waals surface area (Å²) in [5, 5.41) is 12.4. The number of likely N-dealkylation sites (tertiary alicyclic amines) is 1. The van der Waals surface area contributed by atoms with Crippen LogP contribution >= 0.6 is 0 Å². The van der Waals surface area contributed by atoms with E-state index in [1.165, 1.54) is 23.3 Å². The van der Waals surface area contributed by atoms with Crippen LogP contribution in [-0.4, -0.2) is 66.6 Å². The summed E-state index contributed by atoms with van der Waals surface area (Å²) in [6.45, 7) is 4.83. The van der Waals surface area contributed by atoms with Crippen LogP contribution in [0.2, 0.25) is 0 Å². The number of rotatable bonds is 3. The van der Waals surface area contributed by atoms with Gasteiger partial charge in [0.2, 0.25) is 0 Å². The molecule has 2 saturated heterocycles. The smallest absolute Gasteiger partial charge is 0.259 e. The lowest BCUT2D eigenvalue weighted by atomic mass is 10.0. The number of aryl methyl sites for hydroxylation is 1. The van der Waals surface area contributed by atoms with Crippen molar-refractivity contribution < 1.29 is 9.18 Å². The van der Waals surface area contributed by atoms with Gasteiger partial charge in [-0.25, -0.2) is 13.9 Å². The fraction of sp³-hybridized carbons (Fsp3) is 0.318. The zero-order chi connectivity index (χ0) is 21.8. The van der Waals surface area contributed by atoms with Crippen molar-refractivity contribution in [3.05, 3.63) is 66.0 Å². The monoisotopic (exact) mass is 432 g/mol. The van der Waals surface area contributed by atoms with E-state index in [1.807, 2.05) is 23.6 Å². The number of anilines is 1. The average molecular weight is 432 g/mol. The Bertz CT molecular complexity index is 1300. The Labute approximate surface area is 183 Å². The number of hydrogen-bond acceptors (Lipinski definition) is 6. The van der Waals surface area contributed by atoms with Crippen LogP contribution in [0.25, 0.3) is 11.3 Å². The maximum atomic E-state index is 14.7. The van der Waals surface area contributed by atoms with E-state index in [9.17, 15) is 9.18 Å². The Morgan fingerprint density at radius 3 is 2.50 bits per heavy atom. The number of amides is 1. The van der Waals surface area contributed by atoms with Gasteiger partial charge >= 0.3 is 0 Å². The molecule has 32 heavy (non-hydrogen) atoms. The quantitative estimate of drug-likeness (QED) is 0.492. The Morgan fingerprint density at radius 1 is 1.00 bits per heavy atom. The molecule has 6 rings (SSSR count). The number of benzene rings is 1. The number of nitrogens with zero attached hydrogens (tertiary/aromatic N) is 8. The molecule has 1 amide bonds. The second-order valence-electron chi connectivity index (χ2n) is 8.44. The zero-order valence-electron chi connectivity index (χ0n) is 17.5. The van der Waals surface area contributed by atoms with E-state index < -0.39 is 5.82 Å². The number of halogens is 1. The van der Waals surface area contributed by atoms with Gasteiger partial charge in [0.1, 0.15) is 22.9 Å². The Hall–Kier alpha value is -3.82. The SMILES string of the molecule is Cc1cc(N2C[C@H]3CN(C(=O)c4c(F)cccc4-n4nccn4)C[C@H]3C2)nc2ccnn12. The van der Waals surface area contributed by atoms with Gasteiger partial charge in [0.15, 0.2) is 5.65 Å². The van der Waals surface area contributed by atoms with Crippen molar-refractivity contribution in [2.45, 2.75) is 6.92 Å². The first-order chi connectivity index (χ1) is 15.6. The second kappa shape index (κ2) is 7.11. The molecule has 0 spiro atoms. The van der Waals surface area contributed by atoms with Gasteiger partial charge in [0.25, 0.3) is 5.91 Å². The van der Waals surface area contributed by atoms with Gasteiger partial charge in [-0.1, -0.05) is 6.07 Å². The van der Waals surface area contributed by atoms with Crippen LogP contribution in [0.1, 0.15) is 16.1 Å². The van der Waals surface area contributed by atoms with E-state index in [2.05, 4.69) is 20.2 Å². The van der Waals surface area contributed by atoms with Crippen molar-refractivity contribution in [1.82, 2.24) is 34.5 Å². The predicted octanol–water partition coefficient (Wildman–Crippen LogP) is 1.97. The molecule has 0 aliphatic carbocycles. The lowest BCUT2D eigenvalue weighted by molar-refractivity contribution is 0.0777. The van der Waals surface area contributed by atoms with Gasteiger partial charge in [-0.05, 0) is 19.1 Å². The van der Waals surface area contributed by atoms with Crippen LogP contribution in [0, 0.1) is 24.6 Å². The van der Waals surface area contributed by atoms with E-state index >= 15 is 0 Å². The van der Waals surface area contributed by atoms with Crippen LogP contribution in [0.3, 0.4) is 0 Å². The molecule has 9 nitrogen and oxygen atoms in total. The van der Waals surface area contributed by atoms with E-state index in [0.29, 0.717) is 30.6 Å². The highest BCUT2D eigenvalue weighted by Crippen LogP contribution is 2.35. The van der Waals surface area contributed by atoms with E-state index in [1.54, 1.807) is 23.2 Å². The molecule has 2 fully saturated rings. The first kappa shape index (κ1) is 18.9. The van der Waals surface area contributed by atoms with Crippen molar-refractivity contribution >= 4 is 17.4 Å². The molecular weight excluding hydrogens is 411 g/mol. The summed E-state index contributed by atoms with van der Waals surface area (Å²) < 4.78 is 16.5. The van der Waals surface area contributed by atoms with Gasteiger partial charge in [-0.3, -0.25) is 4.79 Å². The van der Waals surface area contributed by atoms with Gasteiger partial charge in [0, 0.05) is 55.8 Å². The van der Waals surface area contributed by atoms with Crippen LogP contribution < -0.4 is 4.90 Å². The Balaban J connectivity index is 1.22. The van der Waals surface area contributed by atoms with E-state index in [-0.39, 0.29) is 11.5 Å². The number of fused-ring (bicyclic) bond motifs is 2. The van der Waals surface area contributed by atoms with Crippen molar-refractivity contribution in [2.75, 3.05) is 31.1 Å². The van der Waals surface area contributed by atoms with Gasteiger partial charge in [-0.2, -0.15) is 20.1 Å². The predicted molar refractivity (Wildman–Crippen MR) is 114 cm³/mol. The zero-order valence-corrected chi connectivity index (χ0v) is 17.5. The number of aromatic nitrogens is 6. The molecule has 0 radical (unpaired) electrons. The highest BCUT2D eigenvalue weighted by atomic mass is 19.1. The number of carbonyl (C=O) groups excluding carboxylic acids is 1. The molecule has 0 unspecified atom stereocenters. The summed E-state index contributed by atoms with van der Waals surface area (Å²) in [6.07, 6.45) is 4.76. The molecule has 0 bridgehead atoms. The summed E-state index contributed by atoms with van der Waals surface area (Å²) in [5.41, 5.74) is 2.23. The normalized spacial score (nSPS) is 20.3. The molecule has 4 aromatic rings. The first-order valence-corrected chi connectivity index (χ1v) is 10.6. The van der Waals surface area contributed by atoms with Crippen molar-refractivity contribution in [3.8, 4) is 5.69 Å². The summed E-state index contributed by atoms with van der Waals surface area (Å²) in [5.74, 6) is 0.702. The van der Waals surface area contributed by atoms with E-state index in [4.69, 9.17) is 4.98 Å². The molecule has 10 heteroatoms. The first-order valence-electron chi connectivity index (χ1n) is 10.6. The third-order valence-corrected chi connectivity index (χ3v) is 6.46. The average Bonchev–Trinajstić information content (AvgIpc) is 3.56. The topological polar surface area (TPSA) is 84.5 Å². The summed E-state index contributed by atoms with van der Waals surface area (Å²) in [7, 11) is 0. The minimum Gasteiger partial charge on any atom is -0.356 e. The molecule has 1 aromatic carbocycles. The Kier molecular flexibility index (Phi) is 4.20. The van der Waals surface area contributed by atoms with Crippen LogP contribution in [0.4, 0.5) is 10.2 Å². The maximum Gasteiger partial charge on any atom is 0.259 e. The third-order valence-electron chi connectivity index (χ3n) is 6.46. The van der Waals surface area contributed by atoms with E-state index in [0.717, 1.165) is 30.2 Å². The standard InChI is InChI=1S/C22H21FN8O/c1-14-9-20(27-19-5-6-24-30(14)19)28-10-15-12-29(13-16(15)11-28)22(32)21-17(23)3-2-4-18(21)31-25-7-8-26-31/h2-9,15-16H,10-13H2,1H3/t15-,16+. The summed E-state index contributed by atoms with van der Waals surface area (Å²) in [6, 6.07) is 8.48. The molecule has 5 heterocycles. The highest BCUT2D eigenvalue weighted by Gasteiger charge is 2.43. The van der Waals surface area contributed by atoms with Crippen molar-refractivity contribution in [2.24, 2.45) is 11.8 Å². The molecule has 0 N–H and O–H groups in total. The van der Waals surface area contributed by atoms with Crippen molar-refractivity contribution in [3.63, 3.8) is 0 Å². The third kappa shape index (κ3) is 2.94. The van der Waals surface area contributed by atoms with Gasteiger partial charge in [0.05, 0.1) is 18.6 Å². The molecule has 0 saturated carbocycles. The number of hydrogen-bond donors (Lipinski definition) is 0. The van der Waals surface area contributed by atoms with Crippen molar-refractivity contribution in [1.29, 1.82) is 0 Å². The minimum atomic E-state index is -0.558. The maximum absolute atomic E-state index is 14.7. The summed E-state index contributed by atoms with van der Waals surface area (Å²) >= 11 is 0. The molecule has 2 aliphatic heterocycles. The summed E-state index contributed by atoms with van der Waals surface area (Å²) in [4.78, 5) is 23.4. The lowest BCUT2D eigenvalue weighted by Crippen LogP contribution is -2.34. The molecule has 162 valence electrons. The fourth-order valence-electron chi connectivity index (χ4n) is 4.95.